The number of aromatic carboxylic acids is 2. The van der Waals surface area contributed by atoms with Crippen molar-refractivity contribution < 1.29 is 24.6 Å². The molecule has 0 spiro atoms. The van der Waals surface area contributed by atoms with Gasteiger partial charge in [-0.3, -0.25) is 4.79 Å². The van der Waals surface area contributed by atoms with Crippen LogP contribution in [-0.2, 0) is 4.79 Å². The fourth-order valence-corrected chi connectivity index (χ4v) is 4.91. The van der Waals surface area contributed by atoms with Crippen LogP contribution in [0.15, 0.2) is 52.4 Å². The Morgan fingerprint density at radius 3 is 2.09 bits per heavy atom. The number of aromatic nitrogens is 1. The van der Waals surface area contributed by atoms with Crippen LogP contribution in [0.25, 0.3) is 11.8 Å². The number of carboxylic acids is 2. The Bertz CT molecular complexity index is 1410. The maximum absolute atomic E-state index is 12.6. The molecule has 2 aromatic carbocycles. The molecule has 1 amide bonds. The van der Waals surface area contributed by atoms with Crippen LogP contribution in [0.3, 0.4) is 0 Å². The summed E-state index contributed by atoms with van der Waals surface area (Å²) >= 11 is 1.24. The van der Waals surface area contributed by atoms with E-state index in [1.54, 1.807) is 10.6 Å². The number of benzene rings is 2. The van der Waals surface area contributed by atoms with E-state index < -0.39 is 11.9 Å². The summed E-state index contributed by atoms with van der Waals surface area (Å²) in [5.74, 6) is -2.69. The summed E-state index contributed by atoms with van der Waals surface area (Å²) in [7, 11) is 0. The minimum absolute atomic E-state index is 0.120. The van der Waals surface area contributed by atoms with E-state index in [4.69, 9.17) is 0 Å². The second kappa shape index (κ2) is 9.27. The van der Waals surface area contributed by atoms with Crippen molar-refractivity contribution in [3.8, 4) is 5.69 Å². The molecule has 4 rings (SSSR count). The van der Waals surface area contributed by atoms with Gasteiger partial charge in [-0.15, -0.1) is 0 Å². The Kier molecular flexibility index (Phi) is 6.36. The molecule has 9 heteroatoms. The molecule has 1 aliphatic rings. The summed E-state index contributed by atoms with van der Waals surface area (Å²) in [6.07, 6.45) is 1.75. The van der Waals surface area contributed by atoms with E-state index in [2.05, 4.69) is 16.4 Å². The van der Waals surface area contributed by atoms with Gasteiger partial charge in [0.2, 0.25) is 0 Å². The zero-order valence-electron chi connectivity index (χ0n) is 19.5. The van der Waals surface area contributed by atoms with E-state index in [1.807, 2.05) is 45.9 Å². The number of amides is 1. The smallest absolute Gasteiger partial charge is 0.335 e. The average Bonchev–Trinajstić information content (AvgIpc) is 3.24. The van der Waals surface area contributed by atoms with Crippen LogP contribution in [0.5, 0.6) is 0 Å². The molecule has 178 valence electrons. The minimum Gasteiger partial charge on any atom is -0.478 e. The number of hydrogen-bond acceptors (Lipinski definition) is 5. The van der Waals surface area contributed by atoms with Gasteiger partial charge in [0.05, 0.1) is 21.7 Å². The number of aliphatic imine (C=N–C) groups is 1. The number of thioether (sulfide) groups is 1. The number of carboxylic acid groups (broad SMARTS) is 2. The van der Waals surface area contributed by atoms with Crippen molar-refractivity contribution in [3.05, 3.63) is 86.6 Å². The Balaban J connectivity index is 1.70. The first-order chi connectivity index (χ1) is 16.5. The molecule has 0 atom stereocenters. The Labute approximate surface area is 206 Å². The number of aryl methyl sites for hydroxylation is 3. The van der Waals surface area contributed by atoms with Gasteiger partial charge in [0.25, 0.3) is 5.91 Å². The van der Waals surface area contributed by atoms with Gasteiger partial charge < -0.3 is 20.1 Å². The lowest BCUT2D eigenvalue weighted by atomic mass is 10.1. The Morgan fingerprint density at radius 2 is 1.51 bits per heavy atom. The number of nitrogens with zero attached hydrogens (tertiary/aromatic N) is 2. The zero-order valence-corrected chi connectivity index (χ0v) is 20.4. The van der Waals surface area contributed by atoms with E-state index in [-0.39, 0.29) is 17.0 Å². The lowest BCUT2D eigenvalue weighted by Crippen LogP contribution is -2.19. The number of carbonyl (C=O) groups is 3. The third-order valence-electron chi connectivity index (χ3n) is 5.51. The Morgan fingerprint density at radius 1 is 0.914 bits per heavy atom. The van der Waals surface area contributed by atoms with Gasteiger partial charge in [0.1, 0.15) is 0 Å². The summed E-state index contributed by atoms with van der Waals surface area (Å²) < 4.78 is 1.77. The second-order valence-electron chi connectivity index (χ2n) is 8.37. The van der Waals surface area contributed by atoms with Crippen molar-refractivity contribution in [2.24, 2.45) is 4.99 Å². The van der Waals surface area contributed by atoms with Crippen LogP contribution in [0, 0.1) is 27.7 Å². The van der Waals surface area contributed by atoms with Gasteiger partial charge in [-0.1, -0.05) is 6.07 Å². The summed E-state index contributed by atoms with van der Waals surface area (Å²) in [4.78, 5) is 40.7. The van der Waals surface area contributed by atoms with Gasteiger partial charge in [0.15, 0.2) is 5.17 Å². The van der Waals surface area contributed by atoms with E-state index in [0.717, 1.165) is 39.8 Å². The molecule has 0 radical (unpaired) electrons. The van der Waals surface area contributed by atoms with Crippen LogP contribution in [0.1, 0.15) is 48.8 Å². The van der Waals surface area contributed by atoms with Gasteiger partial charge in [-0.05, 0) is 98.6 Å². The van der Waals surface area contributed by atoms with Crippen molar-refractivity contribution in [2.75, 3.05) is 0 Å². The zero-order chi connectivity index (χ0) is 25.4. The monoisotopic (exact) mass is 489 g/mol. The lowest BCUT2D eigenvalue weighted by Gasteiger charge is -2.12. The normalized spacial score (nSPS) is 15.6. The molecule has 3 aromatic rings. The Hall–Kier alpha value is -4.11. The SMILES string of the molecule is Cc1cc(C)cc(N=C2NC(=O)/C(=C/c3cc(C)n(-c4cc(C(=O)O)cc(C(=O)O)c4)c3C)S2)c1. The number of rotatable bonds is 5. The van der Waals surface area contributed by atoms with Gasteiger partial charge in [-0.2, -0.15) is 0 Å². The van der Waals surface area contributed by atoms with Crippen molar-refractivity contribution in [1.29, 1.82) is 0 Å². The fourth-order valence-electron chi connectivity index (χ4n) is 4.07. The predicted octanol–water partition coefficient (Wildman–Crippen LogP) is 5.00. The minimum atomic E-state index is -1.21. The molecular formula is C26H23N3O5S. The van der Waals surface area contributed by atoms with E-state index in [9.17, 15) is 24.6 Å². The van der Waals surface area contributed by atoms with Crippen molar-refractivity contribution in [2.45, 2.75) is 27.7 Å². The summed E-state index contributed by atoms with van der Waals surface area (Å²) in [5.41, 5.74) is 5.36. The molecule has 3 N–H and O–H groups in total. The van der Waals surface area contributed by atoms with Crippen molar-refractivity contribution >= 4 is 46.5 Å². The molecule has 1 aromatic heterocycles. The quantitative estimate of drug-likeness (QED) is 0.434. The maximum Gasteiger partial charge on any atom is 0.335 e. The number of carbonyl (C=O) groups excluding carboxylic acids is 1. The van der Waals surface area contributed by atoms with Crippen LogP contribution in [-0.4, -0.2) is 37.8 Å². The molecule has 1 saturated heterocycles. The molecular weight excluding hydrogens is 466 g/mol. The summed E-state index contributed by atoms with van der Waals surface area (Å²) in [6.45, 7) is 7.64. The van der Waals surface area contributed by atoms with Gasteiger partial charge in [-0.25, -0.2) is 14.6 Å². The topological polar surface area (TPSA) is 121 Å². The summed E-state index contributed by atoms with van der Waals surface area (Å²) in [6, 6.07) is 11.8. The first-order valence-corrected chi connectivity index (χ1v) is 11.5. The predicted molar refractivity (Wildman–Crippen MR) is 136 cm³/mol. The number of hydrogen-bond donors (Lipinski definition) is 3. The molecule has 0 aliphatic carbocycles. The maximum atomic E-state index is 12.6. The summed E-state index contributed by atoms with van der Waals surface area (Å²) in [5, 5.41) is 22.1. The highest BCUT2D eigenvalue weighted by molar-refractivity contribution is 8.18. The van der Waals surface area contributed by atoms with Crippen LogP contribution < -0.4 is 5.32 Å². The molecule has 1 aliphatic heterocycles. The van der Waals surface area contributed by atoms with Crippen LogP contribution in [0.2, 0.25) is 0 Å². The molecule has 0 saturated carbocycles. The largest absolute Gasteiger partial charge is 0.478 e. The highest BCUT2D eigenvalue weighted by atomic mass is 32.2. The number of nitrogens with one attached hydrogen (secondary N) is 1. The lowest BCUT2D eigenvalue weighted by molar-refractivity contribution is -0.115. The number of amidine groups is 1. The van der Waals surface area contributed by atoms with Gasteiger partial charge in [0, 0.05) is 17.1 Å². The highest BCUT2D eigenvalue weighted by Gasteiger charge is 2.25. The van der Waals surface area contributed by atoms with E-state index >= 15 is 0 Å². The van der Waals surface area contributed by atoms with Crippen molar-refractivity contribution in [1.82, 2.24) is 9.88 Å². The van der Waals surface area contributed by atoms with E-state index in [0.29, 0.717) is 15.8 Å². The second-order valence-corrected chi connectivity index (χ2v) is 9.40. The molecule has 8 nitrogen and oxygen atoms in total. The molecule has 0 bridgehead atoms. The third kappa shape index (κ3) is 5.04. The standard InChI is InChI=1S/C26H23N3O5S/c1-13-5-14(2)7-20(6-13)27-26-28-23(30)22(35-26)12-17-8-15(3)29(16(17)4)21-10-18(24(31)32)9-19(11-21)25(33)34/h5-12H,1-4H3,(H,31,32)(H,33,34)(H,27,28,30)/b22-12-. The fraction of sp³-hybridized carbons (Fsp3) is 0.154. The molecule has 0 unspecified atom stereocenters. The van der Waals surface area contributed by atoms with Gasteiger partial charge >= 0.3 is 11.9 Å². The molecule has 35 heavy (non-hydrogen) atoms. The average molecular weight is 490 g/mol. The first kappa shape index (κ1) is 24.0. The van der Waals surface area contributed by atoms with E-state index in [1.165, 1.54) is 23.9 Å². The highest BCUT2D eigenvalue weighted by Crippen LogP contribution is 2.31. The van der Waals surface area contributed by atoms with Crippen molar-refractivity contribution in [3.63, 3.8) is 0 Å². The first-order valence-electron chi connectivity index (χ1n) is 10.7. The molecule has 1 fully saturated rings. The molecule has 2 heterocycles. The third-order valence-corrected chi connectivity index (χ3v) is 6.42. The van der Waals surface area contributed by atoms with Crippen LogP contribution >= 0.6 is 11.8 Å². The van der Waals surface area contributed by atoms with Crippen LogP contribution in [0.4, 0.5) is 5.69 Å².